The summed E-state index contributed by atoms with van der Waals surface area (Å²) in [6.45, 7) is 0. The molecule has 2 rings (SSSR count). The molecule has 0 aromatic heterocycles. The molecule has 2 aromatic carbocycles. The molecule has 0 saturated heterocycles. The second-order valence-electron chi connectivity index (χ2n) is 4.08. The first-order valence-corrected chi connectivity index (χ1v) is 6.07. The minimum atomic E-state index is -0.101. The van der Waals surface area contributed by atoms with Crippen molar-refractivity contribution in [1.29, 1.82) is 5.26 Å². The van der Waals surface area contributed by atoms with Crippen molar-refractivity contribution in [2.45, 2.75) is 0 Å². The van der Waals surface area contributed by atoms with Gasteiger partial charge in [0.05, 0.1) is 17.8 Å². The molecule has 0 aliphatic carbocycles. The van der Waals surface area contributed by atoms with E-state index >= 15 is 0 Å². The van der Waals surface area contributed by atoms with Crippen molar-refractivity contribution in [2.24, 2.45) is 21.7 Å². The van der Waals surface area contributed by atoms with Gasteiger partial charge in [-0.15, -0.1) is 5.10 Å². The molecule has 0 aliphatic rings. The van der Waals surface area contributed by atoms with E-state index in [4.69, 9.17) is 21.5 Å². The maximum atomic E-state index is 8.74. The van der Waals surface area contributed by atoms with Crippen LogP contribution in [-0.4, -0.2) is 12.2 Å². The second-order valence-corrected chi connectivity index (χ2v) is 4.08. The quantitative estimate of drug-likeness (QED) is 0.506. The molecule has 21 heavy (non-hydrogen) atoms. The average Bonchev–Trinajstić information content (AvgIpc) is 2.48. The number of nitriles is 1. The Labute approximate surface area is 122 Å². The average molecular weight is 279 g/mol. The zero-order valence-electron chi connectivity index (χ0n) is 11.1. The lowest BCUT2D eigenvalue weighted by molar-refractivity contribution is 0.482. The van der Waals surface area contributed by atoms with E-state index in [-0.39, 0.29) is 5.96 Å². The van der Waals surface area contributed by atoms with E-state index in [0.717, 1.165) is 5.56 Å². The Morgan fingerprint density at radius 1 is 1.10 bits per heavy atom. The number of hydrogen-bond acceptors (Lipinski definition) is 4. The number of ether oxygens (including phenoxy) is 1. The van der Waals surface area contributed by atoms with Crippen LogP contribution in [0.1, 0.15) is 11.1 Å². The minimum absolute atomic E-state index is 0.101. The van der Waals surface area contributed by atoms with Gasteiger partial charge < -0.3 is 16.2 Å². The fourth-order valence-corrected chi connectivity index (χ4v) is 1.55. The number of rotatable bonds is 4. The smallest absolute Gasteiger partial charge is 0.211 e. The number of benzene rings is 2. The van der Waals surface area contributed by atoms with Gasteiger partial charge >= 0.3 is 0 Å². The fraction of sp³-hybridized carbons (Fsp3) is 0. The maximum Gasteiger partial charge on any atom is 0.211 e. The lowest BCUT2D eigenvalue weighted by Gasteiger charge is -2.06. The molecule has 0 amide bonds. The van der Waals surface area contributed by atoms with Crippen LogP contribution in [-0.2, 0) is 0 Å². The van der Waals surface area contributed by atoms with Crippen LogP contribution in [0.2, 0.25) is 0 Å². The third kappa shape index (κ3) is 4.36. The van der Waals surface area contributed by atoms with E-state index in [1.165, 1.54) is 6.21 Å². The van der Waals surface area contributed by atoms with Gasteiger partial charge in [0.15, 0.2) is 0 Å². The highest BCUT2D eigenvalue weighted by molar-refractivity contribution is 5.82. The van der Waals surface area contributed by atoms with Gasteiger partial charge in [0, 0.05) is 0 Å². The van der Waals surface area contributed by atoms with Gasteiger partial charge in [0.1, 0.15) is 11.5 Å². The topological polar surface area (TPSA) is 110 Å². The van der Waals surface area contributed by atoms with Crippen LogP contribution in [0.15, 0.2) is 58.7 Å². The monoisotopic (exact) mass is 279 g/mol. The number of nitrogens with two attached hydrogens (primary N) is 2. The van der Waals surface area contributed by atoms with Crippen LogP contribution in [0, 0.1) is 11.3 Å². The molecule has 0 radical (unpaired) electrons. The van der Waals surface area contributed by atoms with Crippen LogP contribution in [0.3, 0.4) is 0 Å². The lowest BCUT2D eigenvalue weighted by Crippen LogP contribution is -2.21. The standard InChI is InChI=1S/C15H13N5O/c16-9-11-4-6-13(7-5-11)21-14-3-1-2-12(8-14)10-19-20-15(17)18/h1-8,10H,(H4,17,18,20). The van der Waals surface area contributed by atoms with Crippen molar-refractivity contribution in [3.8, 4) is 17.6 Å². The summed E-state index contributed by atoms with van der Waals surface area (Å²) in [5, 5.41) is 16.0. The molecule has 0 heterocycles. The Morgan fingerprint density at radius 2 is 1.86 bits per heavy atom. The SMILES string of the molecule is N#Cc1ccc(Oc2cccc(C=NN=C(N)N)c2)cc1. The molecule has 104 valence electrons. The molecule has 0 atom stereocenters. The molecule has 6 heteroatoms. The van der Waals surface area contributed by atoms with Gasteiger partial charge in [-0.2, -0.15) is 10.4 Å². The first-order valence-electron chi connectivity index (χ1n) is 6.07. The summed E-state index contributed by atoms with van der Waals surface area (Å²) in [5.74, 6) is 1.19. The van der Waals surface area contributed by atoms with Crippen molar-refractivity contribution in [3.05, 3.63) is 59.7 Å². The molecule has 0 spiro atoms. The van der Waals surface area contributed by atoms with Crippen molar-refractivity contribution >= 4 is 12.2 Å². The molecule has 2 aromatic rings. The van der Waals surface area contributed by atoms with Crippen molar-refractivity contribution < 1.29 is 4.74 Å². The highest BCUT2D eigenvalue weighted by atomic mass is 16.5. The summed E-state index contributed by atoms with van der Waals surface area (Å²) in [6, 6.07) is 16.2. The van der Waals surface area contributed by atoms with Gasteiger partial charge in [-0.1, -0.05) is 12.1 Å². The first kappa shape index (κ1) is 14.1. The third-order valence-electron chi connectivity index (χ3n) is 2.46. The Kier molecular flexibility index (Phi) is 4.51. The molecule has 0 aliphatic heterocycles. The zero-order valence-corrected chi connectivity index (χ0v) is 11.1. The predicted octanol–water partition coefficient (Wildman–Crippen LogP) is 1.96. The number of hydrogen-bond donors (Lipinski definition) is 2. The van der Waals surface area contributed by atoms with Gasteiger partial charge in [-0.3, -0.25) is 0 Å². The van der Waals surface area contributed by atoms with Crippen molar-refractivity contribution in [3.63, 3.8) is 0 Å². The Hall–Kier alpha value is -3.33. The molecule has 4 N–H and O–H groups in total. The predicted molar refractivity (Wildman–Crippen MR) is 81.1 cm³/mol. The van der Waals surface area contributed by atoms with Gasteiger partial charge in [-0.05, 0) is 42.0 Å². The fourth-order valence-electron chi connectivity index (χ4n) is 1.55. The zero-order chi connectivity index (χ0) is 15.1. The minimum Gasteiger partial charge on any atom is -0.457 e. The Bertz CT molecular complexity index is 710. The highest BCUT2D eigenvalue weighted by Gasteiger charge is 1.98. The van der Waals surface area contributed by atoms with E-state index in [0.29, 0.717) is 17.1 Å². The number of nitrogens with zero attached hydrogens (tertiary/aromatic N) is 3. The summed E-state index contributed by atoms with van der Waals surface area (Å²) >= 11 is 0. The van der Waals surface area contributed by atoms with Crippen LogP contribution in [0.25, 0.3) is 0 Å². The molecule has 0 unspecified atom stereocenters. The van der Waals surface area contributed by atoms with Gasteiger partial charge in [0.25, 0.3) is 0 Å². The summed E-state index contributed by atoms with van der Waals surface area (Å²) in [4.78, 5) is 0. The third-order valence-corrected chi connectivity index (χ3v) is 2.46. The van der Waals surface area contributed by atoms with E-state index < -0.39 is 0 Å². The molecule has 0 fully saturated rings. The second kappa shape index (κ2) is 6.73. The maximum absolute atomic E-state index is 8.74. The van der Waals surface area contributed by atoms with Crippen LogP contribution >= 0.6 is 0 Å². The lowest BCUT2D eigenvalue weighted by atomic mass is 10.2. The normalized spacial score (nSPS) is 10.0. The summed E-state index contributed by atoms with van der Waals surface area (Å²) in [7, 11) is 0. The molecular weight excluding hydrogens is 266 g/mol. The highest BCUT2D eigenvalue weighted by Crippen LogP contribution is 2.22. The van der Waals surface area contributed by atoms with E-state index in [9.17, 15) is 0 Å². The molecule has 6 nitrogen and oxygen atoms in total. The Morgan fingerprint density at radius 3 is 2.52 bits per heavy atom. The van der Waals surface area contributed by atoms with Crippen LogP contribution in [0.4, 0.5) is 0 Å². The molecule has 0 bridgehead atoms. The number of guanidine groups is 1. The van der Waals surface area contributed by atoms with Crippen LogP contribution < -0.4 is 16.2 Å². The molecule has 0 saturated carbocycles. The Balaban J connectivity index is 2.12. The summed E-state index contributed by atoms with van der Waals surface area (Å²) < 4.78 is 5.69. The van der Waals surface area contributed by atoms with Crippen molar-refractivity contribution in [1.82, 2.24) is 0 Å². The van der Waals surface area contributed by atoms with Crippen LogP contribution in [0.5, 0.6) is 11.5 Å². The van der Waals surface area contributed by atoms with E-state index in [1.807, 2.05) is 18.2 Å². The molecular formula is C15H13N5O. The first-order chi connectivity index (χ1) is 10.2. The van der Waals surface area contributed by atoms with Crippen molar-refractivity contribution in [2.75, 3.05) is 0 Å². The largest absolute Gasteiger partial charge is 0.457 e. The summed E-state index contributed by atoms with van der Waals surface area (Å²) in [5.41, 5.74) is 11.7. The summed E-state index contributed by atoms with van der Waals surface area (Å²) in [6.07, 6.45) is 1.52. The van der Waals surface area contributed by atoms with E-state index in [2.05, 4.69) is 16.3 Å². The van der Waals surface area contributed by atoms with Gasteiger partial charge in [-0.25, -0.2) is 0 Å². The van der Waals surface area contributed by atoms with Gasteiger partial charge in [0.2, 0.25) is 5.96 Å². The van der Waals surface area contributed by atoms with E-state index in [1.54, 1.807) is 30.3 Å².